The fraction of sp³-hybridized carbons (Fsp3) is 0.353. The third kappa shape index (κ3) is 3.08. The van der Waals surface area contributed by atoms with Gasteiger partial charge in [0.2, 0.25) is 5.91 Å². The van der Waals surface area contributed by atoms with Gasteiger partial charge in [0.05, 0.1) is 43.1 Å². The first kappa shape index (κ1) is 15.6. The molecule has 1 aromatic carbocycles. The normalized spacial score (nSPS) is 20.3. The van der Waals surface area contributed by atoms with Crippen LogP contribution in [0.25, 0.3) is 10.9 Å². The Morgan fingerprint density at radius 2 is 2.24 bits per heavy atom. The minimum atomic E-state index is -0.720. The molecule has 3 heterocycles. The average molecular weight is 341 g/mol. The van der Waals surface area contributed by atoms with E-state index in [0.29, 0.717) is 12.3 Å². The predicted molar refractivity (Wildman–Crippen MR) is 90.0 cm³/mol. The van der Waals surface area contributed by atoms with Gasteiger partial charge in [0.25, 0.3) is 0 Å². The standard InChI is InChI=1S/C17H19N5O3/c1-21-8-11(7-18-21)25-16-10-22(9-15(16)23)17(24)6-14-12-4-2-3-5-13(12)19-20-14/h2-5,7-8,15-16,23H,6,9-10H2,1H3,(H,19,20)/t15-,16-/m1/s1. The van der Waals surface area contributed by atoms with E-state index in [9.17, 15) is 9.90 Å². The minimum absolute atomic E-state index is 0.0641. The molecule has 0 unspecified atom stereocenters. The summed E-state index contributed by atoms with van der Waals surface area (Å²) in [6.07, 6.45) is 2.36. The predicted octanol–water partition coefficient (Wildman–Crippen LogP) is 0.490. The molecule has 4 rings (SSSR count). The largest absolute Gasteiger partial charge is 0.482 e. The lowest BCUT2D eigenvalue weighted by atomic mass is 10.1. The number of amides is 1. The van der Waals surface area contributed by atoms with E-state index in [0.717, 1.165) is 16.6 Å². The van der Waals surface area contributed by atoms with Gasteiger partial charge in [-0.1, -0.05) is 18.2 Å². The van der Waals surface area contributed by atoms with E-state index < -0.39 is 12.2 Å². The Labute approximate surface area is 144 Å². The van der Waals surface area contributed by atoms with Gasteiger partial charge in [-0.3, -0.25) is 14.6 Å². The van der Waals surface area contributed by atoms with E-state index in [1.54, 1.807) is 29.0 Å². The molecule has 2 N–H and O–H groups in total. The van der Waals surface area contributed by atoms with Crippen molar-refractivity contribution < 1.29 is 14.6 Å². The van der Waals surface area contributed by atoms with Crippen LogP contribution in [0.2, 0.25) is 0 Å². The number of nitrogens with zero attached hydrogens (tertiary/aromatic N) is 4. The summed E-state index contributed by atoms with van der Waals surface area (Å²) in [4.78, 5) is 14.2. The highest BCUT2D eigenvalue weighted by molar-refractivity contribution is 5.87. The Hall–Kier alpha value is -2.87. The Bertz CT molecular complexity index is 902. The molecule has 1 aliphatic rings. The number of ether oxygens (including phenoxy) is 1. The molecular weight excluding hydrogens is 322 g/mol. The zero-order valence-corrected chi connectivity index (χ0v) is 13.8. The van der Waals surface area contributed by atoms with E-state index in [1.807, 2.05) is 24.3 Å². The molecule has 1 saturated heterocycles. The number of rotatable bonds is 4. The van der Waals surface area contributed by atoms with Crippen molar-refractivity contribution in [3.8, 4) is 5.75 Å². The van der Waals surface area contributed by atoms with Crippen molar-refractivity contribution in [3.63, 3.8) is 0 Å². The number of nitrogens with one attached hydrogen (secondary N) is 1. The third-order valence-corrected chi connectivity index (χ3v) is 4.43. The smallest absolute Gasteiger partial charge is 0.228 e. The highest BCUT2D eigenvalue weighted by Crippen LogP contribution is 2.20. The lowest BCUT2D eigenvalue weighted by Gasteiger charge is -2.16. The summed E-state index contributed by atoms with van der Waals surface area (Å²) >= 11 is 0. The summed E-state index contributed by atoms with van der Waals surface area (Å²) in [7, 11) is 1.79. The number of hydrogen-bond donors (Lipinski definition) is 2. The van der Waals surface area contributed by atoms with Gasteiger partial charge in [-0.05, 0) is 6.07 Å². The van der Waals surface area contributed by atoms with Crippen LogP contribution < -0.4 is 4.74 Å². The minimum Gasteiger partial charge on any atom is -0.482 e. The number of fused-ring (bicyclic) bond motifs is 1. The van der Waals surface area contributed by atoms with Crippen LogP contribution in [0.3, 0.4) is 0 Å². The van der Waals surface area contributed by atoms with Crippen LogP contribution in [0.15, 0.2) is 36.7 Å². The first-order valence-electron chi connectivity index (χ1n) is 8.13. The molecule has 1 amide bonds. The zero-order valence-electron chi connectivity index (χ0n) is 13.8. The molecule has 1 aliphatic heterocycles. The molecule has 3 aromatic rings. The van der Waals surface area contributed by atoms with Crippen molar-refractivity contribution in [2.45, 2.75) is 18.6 Å². The van der Waals surface area contributed by atoms with Crippen LogP contribution in [0.5, 0.6) is 5.75 Å². The molecule has 25 heavy (non-hydrogen) atoms. The summed E-state index contributed by atoms with van der Waals surface area (Å²) < 4.78 is 7.37. The fourth-order valence-electron chi connectivity index (χ4n) is 3.12. The topological polar surface area (TPSA) is 96.3 Å². The molecule has 130 valence electrons. The Morgan fingerprint density at radius 1 is 1.40 bits per heavy atom. The number of β-amino-alcohol motifs (C(OH)–C–C–N with tert-alkyl or cyclic N) is 1. The quantitative estimate of drug-likeness (QED) is 0.720. The number of aromatic nitrogens is 4. The van der Waals surface area contributed by atoms with Gasteiger partial charge in [0.15, 0.2) is 5.75 Å². The molecule has 2 aromatic heterocycles. The van der Waals surface area contributed by atoms with E-state index in [-0.39, 0.29) is 18.9 Å². The molecule has 2 atom stereocenters. The van der Waals surface area contributed by atoms with E-state index in [1.165, 1.54) is 0 Å². The SMILES string of the molecule is Cn1cc(O[C@@H]2CN(C(=O)Cc3[nH]nc4ccccc34)C[C@H]2O)cn1. The second-order valence-corrected chi connectivity index (χ2v) is 6.27. The van der Waals surface area contributed by atoms with Crippen molar-refractivity contribution in [3.05, 3.63) is 42.4 Å². The Balaban J connectivity index is 1.42. The van der Waals surface area contributed by atoms with Crippen LogP contribution in [-0.4, -0.2) is 61.2 Å². The van der Waals surface area contributed by atoms with E-state index in [4.69, 9.17) is 4.74 Å². The van der Waals surface area contributed by atoms with Crippen LogP contribution in [0, 0.1) is 0 Å². The van der Waals surface area contributed by atoms with Gasteiger partial charge in [-0.15, -0.1) is 0 Å². The van der Waals surface area contributed by atoms with Crippen LogP contribution in [0.1, 0.15) is 5.69 Å². The van der Waals surface area contributed by atoms with Crippen molar-refractivity contribution in [2.24, 2.45) is 7.05 Å². The molecule has 0 radical (unpaired) electrons. The third-order valence-electron chi connectivity index (χ3n) is 4.43. The van der Waals surface area contributed by atoms with Crippen LogP contribution in [-0.2, 0) is 18.3 Å². The van der Waals surface area contributed by atoms with Crippen molar-refractivity contribution >= 4 is 16.8 Å². The van der Waals surface area contributed by atoms with Crippen LogP contribution in [0.4, 0.5) is 0 Å². The number of benzene rings is 1. The molecule has 0 aliphatic carbocycles. The Kier molecular flexibility index (Phi) is 3.89. The number of aliphatic hydroxyl groups is 1. The average Bonchev–Trinajstić information content (AvgIpc) is 3.29. The molecule has 8 heteroatoms. The fourth-order valence-corrected chi connectivity index (χ4v) is 3.12. The van der Waals surface area contributed by atoms with Gasteiger partial charge in [0, 0.05) is 12.4 Å². The number of carbonyl (C=O) groups is 1. The summed E-state index contributed by atoms with van der Waals surface area (Å²) in [5.41, 5.74) is 1.62. The van der Waals surface area contributed by atoms with Gasteiger partial charge < -0.3 is 14.7 Å². The molecule has 0 bridgehead atoms. The number of carbonyl (C=O) groups excluding carboxylic acids is 1. The zero-order chi connectivity index (χ0) is 17.4. The number of aliphatic hydroxyl groups excluding tert-OH is 1. The molecule has 8 nitrogen and oxygen atoms in total. The summed E-state index contributed by atoms with van der Waals surface area (Å²) in [6.45, 7) is 0.608. The van der Waals surface area contributed by atoms with Crippen molar-refractivity contribution in [1.29, 1.82) is 0 Å². The van der Waals surface area contributed by atoms with E-state index in [2.05, 4.69) is 15.3 Å². The second-order valence-electron chi connectivity index (χ2n) is 6.27. The Morgan fingerprint density at radius 3 is 3.04 bits per heavy atom. The van der Waals surface area contributed by atoms with Crippen molar-refractivity contribution in [1.82, 2.24) is 24.9 Å². The molecular formula is C17H19N5O3. The molecule has 0 spiro atoms. The highest BCUT2D eigenvalue weighted by Gasteiger charge is 2.36. The van der Waals surface area contributed by atoms with Gasteiger partial charge >= 0.3 is 0 Å². The number of hydrogen-bond acceptors (Lipinski definition) is 5. The summed E-state index contributed by atoms with van der Waals surface area (Å²) in [5, 5.41) is 22.3. The van der Waals surface area contributed by atoms with Gasteiger partial charge in [0.1, 0.15) is 12.2 Å². The maximum Gasteiger partial charge on any atom is 0.228 e. The first-order chi connectivity index (χ1) is 12.1. The number of likely N-dealkylation sites (tertiary alicyclic amines) is 1. The molecule has 0 saturated carbocycles. The van der Waals surface area contributed by atoms with Gasteiger partial charge in [-0.25, -0.2) is 0 Å². The lowest BCUT2D eigenvalue weighted by Crippen LogP contribution is -2.32. The van der Waals surface area contributed by atoms with Gasteiger partial charge in [-0.2, -0.15) is 10.2 Å². The first-order valence-corrected chi connectivity index (χ1v) is 8.13. The van der Waals surface area contributed by atoms with Crippen molar-refractivity contribution in [2.75, 3.05) is 13.1 Å². The molecule has 1 fully saturated rings. The number of H-pyrrole nitrogens is 1. The number of aryl methyl sites for hydroxylation is 1. The number of para-hydroxylation sites is 1. The highest BCUT2D eigenvalue weighted by atomic mass is 16.5. The maximum atomic E-state index is 12.6. The summed E-state index contributed by atoms with van der Waals surface area (Å²) in [5.74, 6) is 0.520. The monoisotopic (exact) mass is 341 g/mol. The number of aromatic amines is 1. The van der Waals surface area contributed by atoms with Crippen LogP contribution >= 0.6 is 0 Å². The van der Waals surface area contributed by atoms with E-state index >= 15 is 0 Å². The maximum absolute atomic E-state index is 12.6. The second kappa shape index (κ2) is 6.21. The summed E-state index contributed by atoms with van der Waals surface area (Å²) in [6, 6.07) is 7.67. The lowest BCUT2D eigenvalue weighted by molar-refractivity contribution is -0.129.